The molecule has 1 saturated heterocycles. The number of rotatable bonds is 3. The number of amides is 1. The first-order chi connectivity index (χ1) is 8.81. The summed E-state index contributed by atoms with van der Waals surface area (Å²) in [7, 11) is 1.40. The number of aryl methyl sites for hydroxylation is 1. The zero-order chi connectivity index (χ0) is 14.2. The fourth-order valence-electron chi connectivity index (χ4n) is 2.10. The van der Waals surface area contributed by atoms with Crippen LogP contribution in [-0.4, -0.2) is 41.9 Å². The number of halogens is 3. The maximum absolute atomic E-state index is 12.5. The van der Waals surface area contributed by atoms with Gasteiger partial charge in [-0.3, -0.25) is 4.79 Å². The molecule has 9 heteroatoms. The molecule has 1 aliphatic heterocycles. The van der Waals surface area contributed by atoms with Gasteiger partial charge in [0.2, 0.25) is 11.8 Å². The Labute approximate surface area is 107 Å². The van der Waals surface area contributed by atoms with E-state index < -0.39 is 30.5 Å². The zero-order valence-corrected chi connectivity index (χ0v) is 10.4. The van der Waals surface area contributed by atoms with E-state index in [1.807, 2.05) is 0 Å². The zero-order valence-electron chi connectivity index (χ0n) is 10.4. The number of carbonyl (C=O) groups is 1. The summed E-state index contributed by atoms with van der Waals surface area (Å²) in [6, 6.07) is -0.980. The van der Waals surface area contributed by atoms with Gasteiger partial charge in [0.15, 0.2) is 0 Å². The number of hydrogen-bond donors (Lipinski definition) is 1. The lowest BCUT2D eigenvalue weighted by Crippen LogP contribution is -2.62. The van der Waals surface area contributed by atoms with Gasteiger partial charge in [-0.1, -0.05) is 5.10 Å². The van der Waals surface area contributed by atoms with Crippen LogP contribution in [-0.2, 0) is 4.79 Å². The van der Waals surface area contributed by atoms with Crippen LogP contribution < -0.4 is 10.2 Å². The Morgan fingerprint density at radius 3 is 2.68 bits per heavy atom. The topological polar surface area (TPSA) is 71.3 Å². The van der Waals surface area contributed by atoms with E-state index in [1.165, 1.54) is 11.9 Å². The second kappa shape index (κ2) is 4.71. The third-order valence-corrected chi connectivity index (χ3v) is 3.04. The fourth-order valence-corrected chi connectivity index (χ4v) is 2.10. The maximum Gasteiger partial charge on any atom is 0.391 e. The first-order valence-electron chi connectivity index (χ1n) is 5.67. The molecule has 2 unspecified atom stereocenters. The Balaban J connectivity index is 2.15. The van der Waals surface area contributed by atoms with Gasteiger partial charge in [0, 0.05) is 20.5 Å². The molecule has 0 bridgehead atoms. The number of aromatic nitrogens is 2. The van der Waals surface area contributed by atoms with E-state index in [0.29, 0.717) is 0 Å². The Bertz CT molecular complexity index is 474. The van der Waals surface area contributed by atoms with Crippen LogP contribution in [0.3, 0.4) is 0 Å². The van der Waals surface area contributed by atoms with E-state index in [9.17, 15) is 18.0 Å². The van der Waals surface area contributed by atoms with Crippen LogP contribution in [0.25, 0.3) is 0 Å². The Hall–Kier alpha value is -1.80. The van der Waals surface area contributed by atoms with Gasteiger partial charge in [0.05, 0.1) is 18.4 Å². The second-order valence-electron chi connectivity index (χ2n) is 4.36. The molecule has 2 heterocycles. The molecule has 1 aromatic rings. The lowest BCUT2D eigenvalue weighted by atomic mass is 9.85. The van der Waals surface area contributed by atoms with Gasteiger partial charge in [-0.2, -0.15) is 13.2 Å². The number of nitrogens with one attached hydrogen (secondary N) is 1. The van der Waals surface area contributed by atoms with Crippen molar-refractivity contribution in [3.63, 3.8) is 0 Å². The molecule has 1 aliphatic rings. The van der Waals surface area contributed by atoms with Crippen molar-refractivity contribution in [2.45, 2.75) is 25.6 Å². The number of hydrogen-bond acceptors (Lipinski definition) is 5. The van der Waals surface area contributed by atoms with E-state index >= 15 is 0 Å². The van der Waals surface area contributed by atoms with E-state index in [0.717, 1.165) is 0 Å². The Morgan fingerprint density at radius 2 is 2.21 bits per heavy atom. The minimum Gasteiger partial charge on any atom is -0.408 e. The number of alkyl halides is 3. The van der Waals surface area contributed by atoms with Crippen molar-refractivity contribution in [3.8, 4) is 0 Å². The van der Waals surface area contributed by atoms with Crippen LogP contribution in [0.4, 0.5) is 19.2 Å². The summed E-state index contributed by atoms with van der Waals surface area (Å²) in [6.07, 6.45) is -5.45. The first kappa shape index (κ1) is 13.6. The molecule has 1 fully saturated rings. The Morgan fingerprint density at radius 1 is 1.53 bits per heavy atom. The molecule has 1 amide bonds. The summed E-state index contributed by atoms with van der Waals surface area (Å²) in [5, 5.41) is 9.61. The number of carbonyl (C=O) groups excluding carboxylic acids is 1. The second-order valence-corrected chi connectivity index (χ2v) is 4.36. The minimum atomic E-state index is -4.36. The van der Waals surface area contributed by atoms with Gasteiger partial charge in [-0.15, -0.1) is 5.10 Å². The van der Waals surface area contributed by atoms with Crippen molar-refractivity contribution in [2.75, 3.05) is 18.5 Å². The fraction of sp³-hybridized carbons (Fsp3) is 0.700. The molecule has 106 valence electrons. The van der Waals surface area contributed by atoms with Crippen LogP contribution in [0.1, 0.15) is 12.3 Å². The van der Waals surface area contributed by atoms with Crippen LogP contribution >= 0.6 is 0 Å². The van der Waals surface area contributed by atoms with Crippen molar-refractivity contribution >= 4 is 11.9 Å². The quantitative estimate of drug-likeness (QED) is 0.888. The maximum atomic E-state index is 12.5. The third-order valence-electron chi connectivity index (χ3n) is 3.04. The summed E-state index contributed by atoms with van der Waals surface area (Å²) in [5.74, 6) is -0.871. The summed E-state index contributed by atoms with van der Waals surface area (Å²) >= 11 is 0. The molecule has 0 radical (unpaired) electrons. The van der Waals surface area contributed by atoms with E-state index in [1.54, 1.807) is 6.92 Å². The van der Waals surface area contributed by atoms with Gasteiger partial charge in [-0.05, 0) is 0 Å². The van der Waals surface area contributed by atoms with Crippen molar-refractivity contribution in [1.82, 2.24) is 15.5 Å². The number of anilines is 1. The van der Waals surface area contributed by atoms with Gasteiger partial charge in [0.25, 0.3) is 0 Å². The molecule has 0 aromatic carbocycles. The molecule has 0 spiro atoms. The van der Waals surface area contributed by atoms with Crippen molar-refractivity contribution < 1.29 is 22.4 Å². The predicted octanol–water partition coefficient (Wildman–Crippen LogP) is 0.881. The molecule has 1 N–H and O–H groups in total. The van der Waals surface area contributed by atoms with E-state index in [4.69, 9.17) is 4.42 Å². The van der Waals surface area contributed by atoms with E-state index in [-0.39, 0.29) is 18.5 Å². The number of nitrogens with zero attached hydrogens (tertiary/aromatic N) is 3. The summed E-state index contributed by atoms with van der Waals surface area (Å²) in [5.41, 5.74) is 0. The summed E-state index contributed by atoms with van der Waals surface area (Å²) < 4.78 is 42.7. The van der Waals surface area contributed by atoms with Gasteiger partial charge in [0.1, 0.15) is 0 Å². The SMILES string of the molecule is CNC(=O)C1CN(c2nnc(C)o2)C1CC(F)(F)F. The minimum absolute atomic E-state index is 0.0203. The highest BCUT2D eigenvalue weighted by Gasteiger charge is 2.50. The van der Waals surface area contributed by atoms with Crippen LogP contribution in [0.5, 0.6) is 0 Å². The highest BCUT2D eigenvalue weighted by Crippen LogP contribution is 2.37. The van der Waals surface area contributed by atoms with Gasteiger partial charge >= 0.3 is 12.2 Å². The molecule has 0 saturated carbocycles. The lowest BCUT2D eigenvalue weighted by molar-refractivity contribution is -0.149. The summed E-state index contributed by atoms with van der Waals surface area (Å²) in [4.78, 5) is 12.8. The molecular formula is C10H13F3N4O2. The Kier molecular flexibility index (Phi) is 3.38. The standard InChI is InChI=1S/C10H13F3N4O2/c1-5-15-16-9(19-5)17-4-6(8(18)14-2)7(17)3-10(11,12)13/h6-7H,3-4H2,1-2H3,(H,14,18). The first-order valence-corrected chi connectivity index (χ1v) is 5.67. The van der Waals surface area contributed by atoms with Crippen molar-refractivity contribution in [1.29, 1.82) is 0 Å². The average Bonchev–Trinajstić information content (AvgIpc) is 2.70. The predicted molar refractivity (Wildman–Crippen MR) is 58.4 cm³/mol. The molecule has 1 aromatic heterocycles. The van der Waals surface area contributed by atoms with Crippen LogP contribution in [0, 0.1) is 12.8 Å². The molecule has 0 aliphatic carbocycles. The molecule has 2 rings (SSSR count). The van der Waals surface area contributed by atoms with Crippen LogP contribution in [0.2, 0.25) is 0 Å². The monoisotopic (exact) mass is 278 g/mol. The van der Waals surface area contributed by atoms with Crippen molar-refractivity contribution in [2.24, 2.45) is 5.92 Å². The molecule has 2 atom stereocenters. The highest BCUT2D eigenvalue weighted by molar-refractivity contribution is 5.82. The smallest absolute Gasteiger partial charge is 0.391 e. The molecular weight excluding hydrogens is 265 g/mol. The van der Waals surface area contributed by atoms with Crippen LogP contribution in [0.15, 0.2) is 4.42 Å². The third kappa shape index (κ3) is 2.79. The lowest BCUT2D eigenvalue weighted by Gasteiger charge is -2.46. The normalized spacial score (nSPS) is 23.1. The molecule has 19 heavy (non-hydrogen) atoms. The van der Waals surface area contributed by atoms with Crippen molar-refractivity contribution in [3.05, 3.63) is 5.89 Å². The average molecular weight is 278 g/mol. The van der Waals surface area contributed by atoms with Gasteiger partial charge < -0.3 is 14.6 Å². The van der Waals surface area contributed by atoms with E-state index in [2.05, 4.69) is 15.5 Å². The summed E-state index contributed by atoms with van der Waals surface area (Å²) in [6.45, 7) is 1.69. The highest BCUT2D eigenvalue weighted by atomic mass is 19.4. The largest absolute Gasteiger partial charge is 0.408 e. The molecule has 6 nitrogen and oxygen atoms in total. The van der Waals surface area contributed by atoms with Gasteiger partial charge in [-0.25, -0.2) is 0 Å².